The Balaban J connectivity index is 2.12. The third-order valence-corrected chi connectivity index (χ3v) is 7.37. The first kappa shape index (κ1) is 10.2. The molecule has 1 heterocycles. The minimum atomic E-state index is 0.221. The van der Waals surface area contributed by atoms with E-state index in [-0.39, 0.29) is 5.54 Å². The zero-order valence-electron chi connectivity index (χ0n) is 10.3. The van der Waals surface area contributed by atoms with Crippen molar-refractivity contribution >= 4 is 16.8 Å². The van der Waals surface area contributed by atoms with Crippen LogP contribution in [0.15, 0.2) is 4.99 Å². The van der Waals surface area contributed by atoms with Gasteiger partial charge in [0.05, 0.1) is 10.6 Å². The van der Waals surface area contributed by atoms with E-state index in [1.54, 1.807) is 0 Å². The SMILES string of the molecule is CCC1=N[C@]2(C)C3(CCC(C3)C2(C)C)S1. The molecule has 2 unspecified atom stereocenters. The van der Waals surface area contributed by atoms with Crippen LogP contribution < -0.4 is 0 Å². The normalized spacial score (nSPS) is 50.7. The van der Waals surface area contributed by atoms with E-state index in [1.165, 1.54) is 24.3 Å². The van der Waals surface area contributed by atoms with Crippen LogP contribution in [0.25, 0.3) is 0 Å². The van der Waals surface area contributed by atoms with E-state index in [4.69, 9.17) is 4.99 Å². The van der Waals surface area contributed by atoms with Crippen molar-refractivity contribution in [1.82, 2.24) is 0 Å². The van der Waals surface area contributed by atoms with Crippen molar-refractivity contribution in [2.24, 2.45) is 16.3 Å². The second-order valence-corrected chi connectivity index (χ2v) is 7.65. The first-order chi connectivity index (χ1) is 6.95. The Morgan fingerprint density at radius 2 is 2.13 bits per heavy atom. The Hall–Kier alpha value is 0.0200. The summed E-state index contributed by atoms with van der Waals surface area (Å²) in [6.45, 7) is 9.55. The van der Waals surface area contributed by atoms with Gasteiger partial charge in [0.2, 0.25) is 0 Å². The van der Waals surface area contributed by atoms with Crippen molar-refractivity contribution in [2.75, 3.05) is 0 Å². The van der Waals surface area contributed by atoms with Crippen molar-refractivity contribution in [2.45, 2.75) is 63.7 Å². The van der Waals surface area contributed by atoms with Crippen LogP contribution in [0.5, 0.6) is 0 Å². The van der Waals surface area contributed by atoms with Gasteiger partial charge in [0.15, 0.2) is 0 Å². The quantitative estimate of drug-likeness (QED) is 0.657. The minimum Gasteiger partial charge on any atom is -0.275 e. The third-order valence-electron chi connectivity index (χ3n) is 5.60. The number of hydrogen-bond donors (Lipinski definition) is 0. The molecule has 2 saturated carbocycles. The molecule has 2 aliphatic carbocycles. The van der Waals surface area contributed by atoms with Gasteiger partial charge in [0, 0.05) is 4.75 Å². The number of thioether (sulfide) groups is 1. The molecule has 2 bridgehead atoms. The summed E-state index contributed by atoms with van der Waals surface area (Å²) in [7, 11) is 0. The van der Waals surface area contributed by atoms with Gasteiger partial charge in [-0.05, 0) is 43.9 Å². The second-order valence-electron chi connectivity index (χ2n) is 6.19. The lowest BCUT2D eigenvalue weighted by Crippen LogP contribution is -2.51. The molecule has 0 aromatic heterocycles. The van der Waals surface area contributed by atoms with Gasteiger partial charge < -0.3 is 0 Å². The van der Waals surface area contributed by atoms with Crippen molar-refractivity contribution in [3.8, 4) is 0 Å². The molecule has 3 atom stereocenters. The molecule has 2 fully saturated rings. The fourth-order valence-electron chi connectivity index (χ4n) is 4.14. The Morgan fingerprint density at radius 3 is 2.73 bits per heavy atom. The van der Waals surface area contributed by atoms with Crippen molar-refractivity contribution in [3.63, 3.8) is 0 Å². The monoisotopic (exact) mass is 223 g/mol. The van der Waals surface area contributed by atoms with E-state index in [1.807, 2.05) is 0 Å². The highest BCUT2D eigenvalue weighted by Gasteiger charge is 2.71. The van der Waals surface area contributed by atoms with Crippen LogP contribution in [0.2, 0.25) is 0 Å². The van der Waals surface area contributed by atoms with Crippen LogP contribution in [-0.2, 0) is 0 Å². The zero-order valence-corrected chi connectivity index (χ0v) is 11.1. The van der Waals surface area contributed by atoms with Crippen LogP contribution >= 0.6 is 11.8 Å². The van der Waals surface area contributed by atoms with Crippen molar-refractivity contribution in [1.29, 1.82) is 0 Å². The van der Waals surface area contributed by atoms with E-state index < -0.39 is 0 Å². The first-order valence-corrected chi connectivity index (χ1v) is 7.04. The fourth-order valence-corrected chi connectivity index (χ4v) is 5.97. The van der Waals surface area contributed by atoms with Gasteiger partial charge in [0.25, 0.3) is 0 Å². The molecule has 0 saturated heterocycles. The van der Waals surface area contributed by atoms with Gasteiger partial charge >= 0.3 is 0 Å². The highest BCUT2D eigenvalue weighted by molar-refractivity contribution is 8.15. The van der Waals surface area contributed by atoms with Crippen LogP contribution in [0.1, 0.15) is 53.4 Å². The lowest BCUT2D eigenvalue weighted by Gasteiger charge is -2.47. The summed E-state index contributed by atoms with van der Waals surface area (Å²) in [4.78, 5) is 5.11. The highest BCUT2D eigenvalue weighted by Crippen LogP contribution is 2.72. The second kappa shape index (κ2) is 2.64. The Morgan fingerprint density at radius 1 is 1.40 bits per heavy atom. The van der Waals surface area contributed by atoms with E-state index in [2.05, 4.69) is 39.5 Å². The summed E-state index contributed by atoms with van der Waals surface area (Å²) >= 11 is 2.12. The van der Waals surface area contributed by atoms with Gasteiger partial charge in [-0.3, -0.25) is 4.99 Å². The molecule has 3 aliphatic rings. The maximum Gasteiger partial charge on any atom is 0.0792 e. The molecule has 3 rings (SSSR count). The van der Waals surface area contributed by atoms with E-state index in [0.717, 1.165) is 12.3 Å². The Bertz CT molecular complexity index is 346. The molecule has 2 heteroatoms. The molecule has 0 aromatic rings. The summed E-state index contributed by atoms with van der Waals surface area (Å²) in [5.74, 6) is 0.914. The summed E-state index contributed by atoms with van der Waals surface area (Å²) in [5.41, 5.74) is 0.633. The van der Waals surface area contributed by atoms with Crippen LogP contribution in [0, 0.1) is 11.3 Å². The van der Waals surface area contributed by atoms with Gasteiger partial charge in [-0.2, -0.15) is 0 Å². The lowest BCUT2D eigenvalue weighted by atomic mass is 9.64. The molecular weight excluding hydrogens is 202 g/mol. The minimum absolute atomic E-state index is 0.221. The van der Waals surface area contributed by atoms with Gasteiger partial charge in [-0.25, -0.2) is 0 Å². The van der Waals surface area contributed by atoms with Crippen LogP contribution in [0.3, 0.4) is 0 Å². The summed E-state index contributed by atoms with van der Waals surface area (Å²) in [6, 6.07) is 0. The predicted molar refractivity (Wildman–Crippen MR) is 67.6 cm³/mol. The summed E-state index contributed by atoms with van der Waals surface area (Å²) in [6.07, 6.45) is 5.37. The summed E-state index contributed by atoms with van der Waals surface area (Å²) in [5, 5.41) is 1.41. The molecule has 1 nitrogen and oxygen atoms in total. The molecule has 0 radical (unpaired) electrons. The molecule has 84 valence electrons. The average molecular weight is 223 g/mol. The molecule has 1 spiro atoms. The summed E-state index contributed by atoms with van der Waals surface area (Å²) < 4.78 is 0.479. The largest absolute Gasteiger partial charge is 0.275 e. The van der Waals surface area contributed by atoms with Crippen molar-refractivity contribution < 1.29 is 0 Å². The lowest BCUT2D eigenvalue weighted by molar-refractivity contribution is 0.117. The highest BCUT2D eigenvalue weighted by atomic mass is 32.2. The standard InChI is InChI=1S/C13H21NS/c1-5-10-14-12(4)11(2,3)9-6-7-13(12,8-9)15-10/h9H,5-8H2,1-4H3/t9?,12-,13?/m0/s1. The molecule has 15 heavy (non-hydrogen) atoms. The molecule has 1 aliphatic heterocycles. The maximum absolute atomic E-state index is 5.11. The molecular formula is C13H21NS. The maximum atomic E-state index is 5.11. The predicted octanol–water partition coefficient (Wildman–Crippen LogP) is 3.88. The fraction of sp³-hybridized carbons (Fsp3) is 0.923. The number of rotatable bonds is 1. The smallest absolute Gasteiger partial charge is 0.0792 e. The van der Waals surface area contributed by atoms with Crippen LogP contribution in [-0.4, -0.2) is 15.3 Å². The third kappa shape index (κ3) is 0.916. The average Bonchev–Trinajstić information content (AvgIpc) is 2.76. The first-order valence-electron chi connectivity index (χ1n) is 6.23. The molecule has 0 aromatic carbocycles. The number of fused-ring (bicyclic) bond motifs is 1. The van der Waals surface area contributed by atoms with Gasteiger partial charge in [-0.15, -0.1) is 11.8 Å². The zero-order chi connectivity index (χ0) is 10.9. The number of nitrogens with zero attached hydrogens (tertiary/aromatic N) is 1. The van der Waals surface area contributed by atoms with E-state index in [9.17, 15) is 0 Å². The van der Waals surface area contributed by atoms with Crippen molar-refractivity contribution in [3.05, 3.63) is 0 Å². The topological polar surface area (TPSA) is 12.4 Å². The number of aliphatic imine (C=N–C) groups is 1. The Labute approximate surface area is 97.1 Å². The molecule has 0 amide bonds. The van der Waals surface area contributed by atoms with Crippen LogP contribution in [0.4, 0.5) is 0 Å². The van der Waals surface area contributed by atoms with E-state index >= 15 is 0 Å². The van der Waals surface area contributed by atoms with Gasteiger partial charge in [0.1, 0.15) is 0 Å². The van der Waals surface area contributed by atoms with Gasteiger partial charge in [-0.1, -0.05) is 20.8 Å². The van der Waals surface area contributed by atoms with E-state index in [0.29, 0.717) is 10.2 Å². The Kier molecular flexibility index (Phi) is 1.79. The molecule has 0 N–H and O–H groups in total. The number of hydrogen-bond acceptors (Lipinski definition) is 2.